The van der Waals surface area contributed by atoms with E-state index in [1.165, 1.54) is 6.07 Å². The van der Waals surface area contributed by atoms with E-state index in [1.54, 1.807) is 6.07 Å². The van der Waals surface area contributed by atoms with Crippen molar-refractivity contribution in [1.82, 2.24) is 5.32 Å². The van der Waals surface area contributed by atoms with Gasteiger partial charge < -0.3 is 15.8 Å². The second-order valence-electron chi connectivity index (χ2n) is 5.67. The lowest BCUT2D eigenvalue weighted by molar-refractivity contribution is 0.266. The maximum absolute atomic E-state index is 13.3. The molecule has 1 unspecified atom stereocenters. The van der Waals surface area contributed by atoms with Crippen LogP contribution in [0, 0.1) is 5.82 Å². The van der Waals surface area contributed by atoms with Crippen LogP contribution in [0.25, 0.3) is 0 Å². The van der Waals surface area contributed by atoms with Crippen molar-refractivity contribution < 1.29 is 9.13 Å². The van der Waals surface area contributed by atoms with Crippen LogP contribution in [0.4, 0.5) is 15.8 Å². The number of halogens is 1. The number of hydrogen-bond acceptors (Lipinski definition) is 4. The largest absolute Gasteiger partial charge is 0.460 e. The molecule has 1 aliphatic heterocycles. The van der Waals surface area contributed by atoms with E-state index < -0.39 is 0 Å². The molecule has 4 rings (SSSR count). The number of anilines is 1. The molecule has 22 heavy (non-hydrogen) atoms. The molecule has 2 aliphatic rings. The number of fused-ring (bicyclic) bond motifs is 2. The van der Waals surface area contributed by atoms with Crippen LogP contribution in [0.5, 0.6) is 0 Å². The Morgan fingerprint density at radius 3 is 3.00 bits per heavy atom. The molecule has 0 bridgehead atoms. The number of nitrogens with zero attached hydrogens (tertiary/aromatic N) is 1. The van der Waals surface area contributed by atoms with Crippen molar-refractivity contribution in [2.24, 2.45) is 4.99 Å². The number of aryl methyl sites for hydroxylation is 1. The van der Waals surface area contributed by atoms with Crippen molar-refractivity contribution in [3.8, 4) is 0 Å². The third-order valence-electron chi connectivity index (χ3n) is 4.17. The van der Waals surface area contributed by atoms with Gasteiger partial charge in [-0.2, -0.15) is 4.99 Å². The van der Waals surface area contributed by atoms with Gasteiger partial charge in [0.15, 0.2) is 0 Å². The molecule has 0 spiro atoms. The Bertz CT molecular complexity index is 772. The first kappa shape index (κ1) is 13.1. The number of rotatable bonds is 1. The van der Waals surface area contributed by atoms with Crippen LogP contribution in [-0.4, -0.2) is 6.02 Å². The van der Waals surface area contributed by atoms with Crippen LogP contribution in [0.15, 0.2) is 41.4 Å². The smallest absolute Gasteiger partial charge is 0.290 e. The molecule has 112 valence electrons. The summed E-state index contributed by atoms with van der Waals surface area (Å²) < 4.78 is 18.9. The van der Waals surface area contributed by atoms with E-state index in [-0.39, 0.29) is 11.9 Å². The predicted molar refractivity (Wildman–Crippen MR) is 83.3 cm³/mol. The molecule has 0 saturated carbocycles. The molecule has 1 heterocycles. The molecule has 0 radical (unpaired) electrons. The van der Waals surface area contributed by atoms with Gasteiger partial charge in [0, 0.05) is 11.3 Å². The van der Waals surface area contributed by atoms with Gasteiger partial charge >= 0.3 is 0 Å². The number of nitrogens with one attached hydrogen (secondary N) is 1. The van der Waals surface area contributed by atoms with Crippen molar-refractivity contribution >= 4 is 17.4 Å². The third-order valence-corrected chi connectivity index (χ3v) is 4.17. The maximum atomic E-state index is 13.3. The Hall–Kier alpha value is -2.56. The number of benzene rings is 2. The fourth-order valence-corrected chi connectivity index (χ4v) is 3.08. The van der Waals surface area contributed by atoms with E-state index in [1.807, 2.05) is 24.3 Å². The minimum Gasteiger partial charge on any atom is -0.460 e. The Balaban J connectivity index is 1.57. The van der Waals surface area contributed by atoms with Crippen LogP contribution >= 0.6 is 0 Å². The summed E-state index contributed by atoms with van der Waals surface area (Å²) in [5.41, 5.74) is 10.5. The molecule has 0 fully saturated rings. The van der Waals surface area contributed by atoms with Crippen LogP contribution in [-0.2, 0) is 17.8 Å². The molecule has 4 nitrogen and oxygen atoms in total. The van der Waals surface area contributed by atoms with E-state index in [0.29, 0.717) is 18.3 Å². The summed E-state index contributed by atoms with van der Waals surface area (Å²) in [4.78, 5) is 4.49. The summed E-state index contributed by atoms with van der Waals surface area (Å²) in [6.07, 6.45) is 1.78. The van der Waals surface area contributed by atoms with Gasteiger partial charge in [-0.15, -0.1) is 0 Å². The molecular formula is C17H16FN3O. The van der Waals surface area contributed by atoms with Crippen molar-refractivity contribution in [1.29, 1.82) is 0 Å². The zero-order valence-electron chi connectivity index (χ0n) is 12.0. The molecule has 0 aromatic heterocycles. The SMILES string of the molecule is Nc1ccc2c(c1)COC(NC1CCc3cc(F)ccc31)=N2. The minimum atomic E-state index is -0.183. The fourth-order valence-electron chi connectivity index (χ4n) is 3.08. The fraction of sp³-hybridized carbons (Fsp3) is 0.235. The molecule has 5 heteroatoms. The van der Waals surface area contributed by atoms with Gasteiger partial charge in [-0.25, -0.2) is 4.39 Å². The monoisotopic (exact) mass is 297 g/mol. The van der Waals surface area contributed by atoms with Crippen LogP contribution < -0.4 is 11.1 Å². The van der Waals surface area contributed by atoms with E-state index >= 15 is 0 Å². The number of hydrogen-bond donors (Lipinski definition) is 2. The van der Waals surface area contributed by atoms with Gasteiger partial charge in [-0.3, -0.25) is 0 Å². The Morgan fingerprint density at radius 2 is 2.09 bits per heavy atom. The van der Waals surface area contributed by atoms with Crippen molar-refractivity contribution in [3.63, 3.8) is 0 Å². The first-order valence-corrected chi connectivity index (χ1v) is 7.34. The number of amidine groups is 1. The summed E-state index contributed by atoms with van der Waals surface area (Å²) in [5.74, 6) is -0.183. The summed E-state index contributed by atoms with van der Waals surface area (Å²) >= 11 is 0. The lowest BCUT2D eigenvalue weighted by Crippen LogP contribution is -2.30. The van der Waals surface area contributed by atoms with Crippen LogP contribution in [0.3, 0.4) is 0 Å². The molecule has 2 aromatic rings. The second kappa shape index (κ2) is 5.02. The summed E-state index contributed by atoms with van der Waals surface area (Å²) in [7, 11) is 0. The molecule has 2 aromatic carbocycles. The quantitative estimate of drug-likeness (QED) is 0.795. The Morgan fingerprint density at radius 1 is 1.18 bits per heavy atom. The highest BCUT2D eigenvalue weighted by molar-refractivity contribution is 5.80. The number of aliphatic imine (C=N–C) groups is 1. The van der Waals surface area contributed by atoms with Crippen LogP contribution in [0.1, 0.15) is 29.2 Å². The van der Waals surface area contributed by atoms with Crippen molar-refractivity contribution in [2.45, 2.75) is 25.5 Å². The van der Waals surface area contributed by atoms with Gasteiger partial charge in [-0.1, -0.05) is 6.07 Å². The zero-order chi connectivity index (χ0) is 15.1. The Labute approximate surface area is 127 Å². The molecule has 1 aliphatic carbocycles. The van der Waals surface area contributed by atoms with Gasteiger partial charge in [0.25, 0.3) is 6.02 Å². The molecule has 1 atom stereocenters. The number of nitrogen functional groups attached to an aromatic ring is 1. The first-order chi connectivity index (χ1) is 10.7. The van der Waals surface area contributed by atoms with Crippen molar-refractivity contribution in [2.75, 3.05) is 5.73 Å². The third kappa shape index (κ3) is 2.28. The van der Waals surface area contributed by atoms with Gasteiger partial charge in [0.05, 0.1) is 11.7 Å². The summed E-state index contributed by atoms with van der Waals surface area (Å²) in [5, 5.41) is 3.32. The lowest BCUT2D eigenvalue weighted by atomic mass is 10.1. The normalized spacial score (nSPS) is 19.0. The highest BCUT2D eigenvalue weighted by atomic mass is 19.1. The van der Waals surface area contributed by atoms with Gasteiger partial charge in [0.2, 0.25) is 0 Å². The molecule has 3 N–H and O–H groups in total. The zero-order valence-corrected chi connectivity index (χ0v) is 12.0. The van der Waals surface area contributed by atoms with E-state index in [0.717, 1.165) is 35.2 Å². The topological polar surface area (TPSA) is 59.6 Å². The first-order valence-electron chi connectivity index (χ1n) is 7.34. The average molecular weight is 297 g/mol. The molecule has 0 amide bonds. The number of ether oxygens (including phenoxy) is 1. The Kier molecular flexibility index (Phi) is 2.99. The molecule has 0 saturated heterocycles. The second-order valence-corrected chi connectivity index (χ2v) is 5.67. The maximum Gasteiger partial charge on any atom is 0.290 e. The van der Waals surface area contributed by atoms with E-state index in [9.17, 15) is 4.39 Å². The van der Waals surface area contributed by atoms with Crippen LogP contribution in [0.2, 0.25) is 0 Å². The highest BCUT2D eigenvalue weighted by Crippen LogP contribution is 2.33. The minimum absolute atomic E-state index is 0.115. The standard InChI is InChI=1S/C17H16FN3O/c18-12-2-4-14-10(7-12)1-5-16(14)21-17-20-15-6-3-13(19)8-11(15)9-22-17/h2-4,6-8,16H,1,5,9,19H2,(H,20,21). The van der Waals surface area contributed by atoms with E-state index in [4.69, 9.17) is 10.5 Å². The van der Waals surface area contributed by atoms with E-state index in [2.05, 4.69) is 10.3 Å². The molecular weight excluding hydrogens is 281 g/mol. The average Bonchev–Trinajstić information content (AvgIpc) is 2.89. The van der Waals surface area contributed by atoms with Gasteiger partial charge in [0.1, 0.15) is 12.4 Å². The predicted octanol–water partition coefficient (Wildman–Crippen LogP) is 3.20. The summed E-state index contributed by atoms with van der Waals surface area (Å²) in [6, 6.07) is 11.2. The lowest BCUT2D eigenvalue weighted by Gasteiger charge is -2.21. The van der Waals surface area contributed by atoms with Gasteiger partial charge in [-0.05, 0) is 54.3 Å². The highest BCUT2D eigenvalue weighted by Gasteiger charge is 2.25. The summed E-state index contributed by atoms with van der Waals surface area (Å²) in [6.45, 7) is 0.454. The van der Waals surface area contributed by atoms with Crippen molar-refractivity contribution in [3.05, 3.63) is 58.9 Å². The number of nitrogens with two attached hydrogens (primary N) is 1.